The summed E-state index contributed by atoms with van der Waals surface area (Å²) in [5, 5.41) is 2.79. The van der Waals surface area contributed by atoms with E-state index in [4.69, 9.17) is 10.2 Å². The number of carbonyl (C=O) groups is 1. The van der Waals surface area contributed by atoms with Crippen LogP contribution < -0.4 is 11.1 Å². The van der Waals surface area contributed by atoms with Gasteiger partial charge in [0.1, 0.15) is 5.76 Å². The normalized spacial score (nSPS) is 10.8. The highest BCUT2D eigenvalue weighted by Gasteiger charge is 2.09. The summed E-state index contributed by atoms with van der Waals surface area (Å²) in [7, 11) is 2.01. The average Bonchev–Trinajstić information content (AvgIpc) is 2.77. The Morgan fingerprint density at radius 3 is 2.88 bits per heavy atom. The van der Waals surface area contributed by atoms with Crippen LogP contribution >= 0.6 is 0 Å². The van der Waals surface area contributed by atoms with Crippen LogP contribution in [0.2, 0.25) is 0 Å². The molecule has 1 aromatic heterocycles. The minimum atomic E-state index is -0.191. The largest absolute Gasteiger partial charge is 0.455 e. The highest BCUT2D eigenvalue weighted by Crippen LogP contribution is 2.06. The number of nitrogens with zero attached hydrogens (tertiary/aromatic N) is 1. The molecule has 1 heterocycles. The fourth-order valence-electron chi connectivity index (χ4n) is 1.22. The van der Waals surface area contributed by atoms with Crippen molar-refractivity contribution in [2.75, 3.05) is 26.7 Å². The van der Waals surface area contributed by atoms with Crippen LogP contribution in [0, 0.1) is 0 Å². The van der Waals surface area contributed by atoms with Crippen molar-refractivity contribution in [2.24, 2.45) is 5.73 Å². The molecule has 16 heavy (non-hydrogen) atoms. The molecule has 0 aliphatic rings. The first-order chi connectivity index (χ1) is 7.67. The molecule has 0 bridgehead atoms. The van der Waals surface area contributed by atoms with Gasteiger partial charge in [-0.3, -0.25) is 4.79 Å². The quantitative estimate of drug-likeness (QED) is 0.736. The second-order valence-corrected chi connectivity index (χ2v) is 3.62. The molecule has 0 radical (unpaired) electrons. The van der Waals surface area contributed by atoms with Crippen molar-refractivity contribution in [3.63, 3.8) is 0 Å². The highest BCUT2D eigenvalue weighted by molar-refractivity contribution is 5.91. The van der Waals surface area contributed by atoms with Gasteiger partial charge in [-0.05, 0) is 25.7 Å². The van der Waals surface area contributed by atoms with Gasteiger partial charge in [0.15, 0.2) is 5.76 Å². The van der Waals surface area contributed by atoms with Gasteiger partial charge in [0.25, 0.3) is 5.91 Å². The summed E-state index contributed by atoms with van der Waals surface area (Å²) in [5.74, 6) is 0.750. The third-order valence-corrected chi connectivity index (χ3v) is 2.41. The standard InChI is InChI=1S/C11H19N3O2/c1-3-14(2)7-6-13-11(15)10-5-4-9(8-12)16-10/h4-5H,3,6-8,12H2,1-2H3,(H,13,15). The van der Waals surface area contributed by atoms with E-state index in [2.05, 4.69) is 17.1 Å². The van der Waals surface area contributed by atoms with E-state index in [1.165, 1.54) is 0 Å². The molecule has 0 aliphatic heterocycles. The van der Waals surface area contributed by atoms with Gasteiger partial charge in [0, 0.05) is 13.1 Å². The first-order valence-electron chi connectivity index (χ1n) is 5.43. The number of rotatable bonds is 6. The molecule has 1 rings (SSSR count). The van der Waals surface area contributed by atoms with Crippen LogP contribution in [0.1, 0.15) is 23.2 Å². The maximum Gasteiger partial charge on any atom is 0.287 e. The molecule has 0 unspecified atom stereocenters. The molecule has 1 amide bonds. The fraction of sp³-hybridized carbons (Fsp3) is 0.545. The van der Waals surface area contributed by atoms with Gasteiger partial charge < -0.3 is 20.4 Å². The van der Waals surface area contributed by atoms with E-state index < -0.39 is 0 Å². The van der Waals surface area contributed by atoms with Crippen LogP contribution in [0.25, 0.3) is 0 Å². The molecule has 90 valence electrons. The smallest absolute Gasteiger partial charge is 0.287 e. The van der Waals surface area contributed by atoms with Gasteiger partial charge >= 0.3 is 0 Å². The molecular formula is C11H19N3O2. The molecular weight excluding hydrogens is 206 g/mol. The lowest BCUT2D eigenvalue weighted by molar-refractivity contribution is 0.0920. The molecule has 0 fully saturated rings. The van der Waals surface area contributed by atoms with E-state index in [9.17, 15) is 4.79 Å². The number of hydrogen-bond acceptors (Lipinski definition) is 4. The van der Waals surface area contributed by atoms with Crippen molar-refractivity contribution in [3.05, 3.63) is 23.7 Å². The SMILES string of the molecule is CCN(C)CCNC(=O)c1ccc(CN)o1. The van der Waals surface area contributed by atoms with Crippen LogP contribution in [0.4, 0.5) is 0 Å². The number of nitrogens with one attached hydrogen (secondary N) is 1. The van der Waals surface area contributed by atoms with Crippen LogP contribution in [-0.2, 0) is 6.54 Å². The summed E-state index contributed by atoms with van der Waals surface area (Å²) in [6.45, 7) is 4.79. The van der Waals surface area contributed by atoms with Crippen molar-refractivity contribution >= 4 is 5.91 Å². The topological polar surface area (TPSA) is 71.5 Å². The lowest BCUT2D eigenvalue weighted by Gasteiger charge is -2.13. The first kappa shape index (κ1) is 12.7. The van der Waals surface area contributed by atoms with Crippen LogP contribution in [0.5, 0.6) is 0 Å². The van der Waals surface area contributed by atoms with Crippen LogP contribution in [0.3, 0.4) is 0 Å². The molecule has 0 saturated carbocycles. The fourth-order valence-corrected chi connectivity index (χ4v) is 1.22. The van der Waals surface area contributed by atoms with Gasteiger partial charge in [-0.25, -0.2) is 0 Å². The Balaban J connectivity index is 2.35. The molecule has 3 N–H and O–H groups in total. The van der Waals surface area contributed by atoms with E-state index >= 15 is 0 Å². The van der Waals surface area contributed by atoms with E-state index in [1.54, 1.807) is 12.1 Å². The molecule has 0 atom stereocenters. The van der Waals surface area contributed by atoms with Crippen molar-refractivity contribution < 1.29 is 9.21 Å². The average molecular weight is 225 g/mol. The Hall–Kier alpha value is -1.33. The molecule has 1 aromatic rings. The second-order valence-electron chi connectivity index (χ2n) is 3.62. The Morgan fingerprint density at radius 1 is 1.56 bits per heavy atom. The van der Waals surface area contributed by atoms with Gasteiger partial charge in [-0.1, -0.05) is 6.92 Å². The zero-order valence-corrected chi connectivity index (χ0v) is 9.82. The zero-order valence-electron chi connectivity index (χ0n) is 9.82. The van der Waals surface area contributed by atoms with Crippen LogP contribution in [0.15, 0.2) is 16.5 Å². The summed E-state index contributed by atoms with van der Waals surface area (Å²) in [5.41, 5.74) is 5.39. The number of furan rings is 1. The van der Waals surface area contributed by atoms with E-state index in [-0.39, 0.29) is 5.91 Å². The van der Waals surface area contributed by atoms with Gasteiger partial charge in [-0.2, -0.15) is 0 Å². The van der Waals surface area contributed by atoms with E-state index in [0.717, 1.165) is 13.1 Å². The first-order valence-corrected chi connectivity index (χ1v) is 5.43. The van der Waals surface area contributed by atoms with Gasteiger partial charge in [0.2, 0.25) is 0 Å². The van der Waals surface area contributed by atoms with Crippen molar-refractivity contribution in [1.29, 1.82) is 0 Å². The minimum Gasteiger partial charge on any atom is -0.455 e. The summed E-state index contributed by atoms with van der Waals surface area (Å²) in [6, 6.07) is 3.36. The molecule has 0 aromatic carbocycles. The lowest BCUT2D eigenvalue weighted by Crippen LogP contribution is -2.32. The summed E-state index contributed by atoms with van der Waals surface area (Å²) in [4.78, 5) is 13.7. The molecule has 0 aliphatic carbocycles. The zero-order chi connectivity index (χ0) is 12.0. The summed E-state index contributed by atoms with van der Waals surface area (Å²) < 4.78 is 5.23. The van der Waals surface area contributed by atoms with Gasteiger partial charge in [-0.15, -0.1) is 0 Å². The maximum absolute atomic E-state index is 11.6. The molecule has 0 spiro atoms. The maximum atomic E-state index is 11.6. The third-order valence-electron chi connectivity index (χ3n) is 2.41. The van der Waals surface area contributed by atoms with Crippen LogP contribution in [-0.4, -0.2) is 37.5 Å². The number of hydrogen-bond donors (Lipinski definition) is 2. The number of likely N-dealkylation sites (N-methyl/N-ethyl adjacent to an activating group) is 1. The number of carbonyl (C=O) groups excluding carboxylic acids is 1. The van der Waals surface area contributed by atoms with E-state index in [1.807, 2.05) is 7.05 Å². The lowest BCUT2D eigenvalue weighted by atomic mass is 10.4. The third kappa shape index (κ3) is 3.67. The second kappa shape index (κ2) is 6.30. The Labute approximate surface area is 95.6 Å². The predicted octanol–water partition coefficient (Wildman–Crippen LogP) is 0.420. The number of amides is 1. The van der Waals surface area contributed by atoms with E-state index in [0.29, 0.717) is 24.6 Å². The Morgan fingerprint density at radius 2 is 2.31 bits per heavy atom. The summed E-state index contributed by atoms with van der Waals surface area (Å²) in [6.07, 6.45) is 0. The molecule has 0 saturated heterocycles. The molecule has 5 nitrogen and oxygen atoms in total. The van der Waals surface area contributed by atoms with Gasteiger partial charge in [0.05, 0.1) is 6.54 Å². The molecule has 5 heteroatoms. The van der Waals surface area contributed by atoms with Crippen molar-refractivity contribution in [2.45, 2.75) is 13.5 Å². The monoisotopic (exact) mass is 225 g/mol. The number of nitrogens with two attached hydrogens (primary N) is 1. The Bertz CT molecular complexity index is 336. The van der Waals surface area contributed by atoms with Crippen molar-refractivity contribution in [1.82, 2.24) is 10.2 Å². The predicted molar refractivity (Wildman–Crippen MR) is 62.1 cm³/mol. The minimum absolute atomic E-state index is 0.191. The Kier molecular flexibility index (Phi) is 5.01. The summed E-state index contributed by atoms with van der Waals surface area (Å²) >= 11 is 0. The van der Waals surface area contributed by atoms with Crippen molar-refractivity contribution in [3.8, 4) is 0 Å². The highest BCUT2D eigenvalue weighted by atomic mass is 16.4.